The Morgan fingerprint density at radius 1 is 1.38 bits per heavy atom. The minimum Gasteiger partial charge on any atom is -0.315 e. The van der Waals surface area contributed by atoms with Crippen molar-refractivity contribution < 1.29 is 13.3 Å². The Labute approximate surface area is 123 Å². The first-order valence-corrected chi connectivity index (χ1v) is 8.13. The standard InChI is InChI=1S/C13H19N3O4S/c1-9-6-11(16(17)18)7-12(10(9)2)21(19,20)15-13(3)4-5-14-8-13/h6-7,14-15H,4-5,8H2,1-3H3. The fourth-order valence-electron chi connectivity index (χ4n) is 2.48. The SMILES string of the molecule is Cc1cc([N+](=O)[O-])cc(S(=O)(=O)NC2(C)CCNC2)c1C. The lowest BCUT2D eigenvalue weighted by Gasteiger charge is -2.24. The fourth-order valence-corrected chi connectivity index (χ4v) is 4.25. The van der Waals surface area contributed by atoms with Crippen LogP contribution in [0.1, 0.15) is 24.5 Å². The Kier molecular flexibility index (Phi) is 4.05. The molecule has 8 heteroatoms. The molecule has 0 spiro atoms. The highest BCUT2D eigenvalue weighted by Gasteiger charge is 2.34. The highest BCUT2D eigenvalue weighted by molar-refractivity contribution is 7.89. The number of non-ortho nitro benzene ring substituents is 1. The number of benzene rings is 1. The molecule has 1 saturated heterocycles. The monoisotopic (exact) mass is 313 g/mol. The fraction of sp³-hybridized carbons (Fsp3) is 0.538. The van der Waals surface area contributed by atoms with Gasteiger partial charge in [-0.1, -0.05) is 0 Å². The van der Waals surface area contributed by atoms with Crippen LogP contribution >= 0.6 is 0 Å². The van der Waals surface area contributed by atoms with Gasteiger partial charge in [-0.3, -0.25) is 10.1 Å². The van der Waals surface area contributed by atoms with Gasteiger partial charge in [0.05, 0.1) is 9.82 Å². The maximum Gasteiger partial charge on any atom is 0.271 e. The molecule has 1 aliphatic heterocycles. The van der Waals surface area contributed by atoms with E-state index in [-0.39, 0.29) is 10.6 Å². The van der Waals surface area contributed by atoms with Gasteiger partial charge in [0, 0.05) is 24.2 Å². The summed E-state index contributed by atoms with van der Waals surface area (Å²) < 4.78 is 27.8. The molecule has 0 radical (unpaired) electrons. The van der Waals surface area contributed by atoms with E-state index < -0.39 is 20.5 Å². The van der Waals surface area contributed by atoms with Gasteiger partial charge in [-0.15, -0.1) is 0 Å². The Morgan fingerprint density at radius 2 is 2.05 bits per heavy atom. The lowest BCUT2D eigenvalue weighted by Crippen LogP contribution is -2.47. The van der Waals surface area contributed by atoms with E-state index in [1.54, 1.807) is 13.8 Å². The molecule has 1 unspecified atom stereocenters. The molecule has 2 rings (SSSR count). The van der Waals surface area contributed by atoms with Crippen LogP contribution in [0.25, 0.3) is 0 Å². The number of sulfonamides is 1. The largest absolute Gasteiger partial charge is 0.315 e. The summed E-state index contributed by atoms with van der Waals surface area (Å²) in [7, 11) is -3.81. The number of rotatable bonds is 4. The normalized spacial score (nSPS) is 22.4. The molecule has 0 aliphatic carbocycles. The third-order valence-corrected chi connectivity index (χ3v) is 5.62. The zero-order chi connectivity index (χ0) is 15.8. The molecule has 0 saturated carbocycles. The molecule has 0 bridgehead atoms. The number of nitrogens with zero attached hydrogens (tertiary/aromatic N) is 1. The molecular weight excluding hydrogens is 294 g/mol. The molecule has 0 amide bonds. The van der Waals surface area contributed by atoms with Crippen molar-refractivity contribution in [1.82, 2.24) is 10.0 Å². The van der Waals surface area contributed by atoms with Gasteiger partial charge in [0.2, 0.25) is 10.0 Å². The summed E-state index contributed by atoms with van der Waals surface area (Å²) in [5, 5.41) is 14.0. The number of hydrogen-bond donors (Lipinski definition) is 2. The maximum atomic E-state index is 12.6. The topological polar surface area (TPSA) is 101 Å². The first kappa shape index (κ1) is 15.9. The molecule has 116 valence electrons. The van der Waals surface area contributed by atoms with Gasteiger partial charge in [-0.2, -0.15) is 0 Å². The van der Waals surface area contributed by atoms with Crippen molar-refractivity contribution in [3.63, 3.8) is 0 Å². The molecule has 1 aromatic carbocycles. The molecule has 7 nitrogen and oxygen atoms in total. The van der Waals surface area contributed by atoms with E-state index in [4.69, 9.17) is 0 Å². The smallest absolute Gasteiger partial charge is 0.271 e. The summed E-state index contributed by atoms with van der Waals surface area (Å²) in [6, 6.07) is 2.50. The van der Waals surface area contributed by atoms with Gasteiger partial charge >= 0.3 is 0 Å². The molecule has 0 aromatic heterocycles. The van der Waals surface area contributed by atoms with E-state index >= 15 is 0 Å². The molecule has 1 fully saturated rings. The number of aryl methyl sites for hydroxylation is 1. The predicted molar refractivity (Wildman–Crippen MR) is 78.8 cm³/mol. The van der Waals surface area contributed by atoms with Gasteiger partial charge in [0.25, 0.3) is 5.69 Å². The summed E-state index contributed by atoms with van der Waals surface area (Å²) in [5.41, 5.74) is 0.333. The number of nitrogens with one attached hydrogen (secondary N) is 2. The van der Waals surface area contributed by atoms with Crippen LogP contribution < -0.4 is 10.0 Å². The predicted octanol–water partition coefficient (Wildman–Crippen LogP) is 1.24. The molecule has 1 heterocycles. The summed E-state index contributed by atoms with van der Waals surface area (Å²) in [5.74, 6) is 0. The Morgan fingerprint density at radius 3 is 2.57 bits per heavy atom. The first-order valence-electron chi connectivity index (χ1n) is 6.65. The Balaban J connectivity index is 2.46. The number of nitro groups is 1. The van der Waals surface area contributed by atoms with Crippen LogP contribution in [0, 0.1) is 24.0 Å². The van der Waals surface area contributed by atoms with Gasteiger partial charge in [0.15, 0.2) is 0 Å². The van der Waals surface area contributed by atoms with E-state index in [0.29, 0.717) is 24.1 Å². The lowest BCUT2D eigenvalue weighted by atomic mass is 10.0. The van der Waals surface area contributed by atoms with Crippen LogP contribution in [-0.4, -0.2) is 32.0 Å². The van der Waals surface area contributed by atoms with Crippen LogP contribution in [0.4, 0.5) is 5.69 Å². The van der Waals surface area contributed by atoms with Gasteiger partial charge in [-0.25, -0.2) is 13.1 Å². The average Bonchev–Trinajstić information content (AvgIpc) is 2.77. The van der Waals surface area contributed by atoms with Crippen LogP contribution in [-0.2, 0) is 10.0 Å². The maximum absolute atomic E-state index is 12.6. The van der Waals surface area contributed by atoms with Gasteiger partial charge < -0.3 is 5.32 Å². The van der Waals surface area contributed by atoms with Gasteiger partial charge in [-0.05, 0) is 44.9 Å². The molecule has 21 heavy (non-hydrogen) atoms. The second-order valence-corrected chi connectivity index (χ2v) is 7.39. The summed E-state index contributed by atoms with van der Waals surface area (Å²) in [4.78, 5) is 10.3. The Hall–Kier alpha value is -1.51. The highest BCUT2D eigenvalue weighted by Crippen LogP contribution is 2.27. The second-order valence-electron chi connectivity index (χ2n) is 5.74. The molecule has 1 aliphatic rings. The molecular formula is C13H19N3O4S. The minimum atomic E-state index is -3.81. The van der Waals surface area contributed by atoms with Crippen molar-refractivity contribution in [2.45, 2.75) is 37.6 Å². The third kappa shape index (κ3) is 3.22. The Bertz CT molecular complexity index is 679. The van der Waals surface area contributed by atoms with Crippen molar-refractivity contribution in [3.05, 3.63) is 33.4 Å². The molecule has 1 aromatic rings. The van der Waals surface area contributed by atoms with E-state index in [2.05, 4.69) is 10.0 Å². The van der Waals surface area contributed by atoms with E-state index in [1.807, 2.05) is 6.92 Å². The van der Waals surface area contributed by atoms with E-state index in [9.17, 15) is 18.5 Å². The highest BCUT2D eigenvalue weighted by atomic mass is 32.2. The van der Waals surface area contributed by atoms with E-state index in [0.717, 1.165) is 12.6 Å². The van der Waals surface area contributed by atoms with E-state index in [1.165, 1.54) is 6.07 Å². The van der Waals surface area contributed by atoms with Crippen molar-refractivity contribution >= 4 is 15.7 Å². The lowest BCUT2D eigenvalue weighted by molar-refractivity contribution is -0.385. The molecule has 1 atom stereocenters. The summed E-state index contributed by atoms with van der Waals surface area (Å²) >= 11 is 0. The minimum absolute atomic E-state index is 0.0256. The van der Waals surface area contributed by atoms with Crippen LogP contribution in [0.3, 0.4) is 0 Å². The number of hydrogen-bond acceptors (Lipinski definition) is 5. The van der Waals surface area contributed by atoms with Crippen LogP contribution in [0.15, 0.2) is 17.0 Å². The van der Waals surface area contributed by atoms with Gasteiger partial charge in [0.1, 0.15) is 0 Å². The first-order chi connectivity index (χ1) is 9.65. The van der Waals surface area contributed by atoms with Crippen LogP contribution in [0.2, 0.25) is 0 Å². The summed E-state index contributed by atoms with van der Waals surface area (Å²) in [6.45, 7) is 6.43. The third-order valence-electron chi connectivity index (χ3n) is 3.85. The summed E-state index contributed by atoms with van der Waals surface area (Å²) in [6.07, 6.45) is 0.680. The van der Waals surface area contributed by atoms with Crippen molar-refractivity contribution in [2.75, 3.05) is 13.1 Å². The second kappa shape index (κ2) is 5.36. The zero-order valence-corrected chi connectivity index (χ0v) is 13.1. The zero-order valence-electron chi connectivity index (χ0n) is 12.3. The quantitative estimate of drug-likeness (QED) is 0.643. The number of nitro benzene ring substituents is 1. The van der Waals surface area contributed by atoms with Crippen molar-refractivity contribution in [1.29, 1.82) is 0 Å². The molecule has 2 N–H and O–H groups in total. The average molecular weight is 313 g/mol. The van der Waals surface area contributed by atoms with Crippen molar-refractivity contribution in [3.8, 4) is 0 Å². The van der Waals surface area contributed by atoms with Crippen LogP contribution in [0.5, 0.6) is 0 Å². The van der Waals surface area contributed by atoms with Crippen molar-refractivity contribution in [2.24, 2.45) is 0 Å².